The van der Waals surface area contributed by atoms with Gasteiger partial charge in [0.1, 0.15) is 0 Å². The first kappa shape index (κ1) is 21.7. The summed E-state index contributed by atoms with van der Waals surface area (Å²) in [5.41, 5.74) is 4.63. The van der Waals surface area contributed by atoms with E-state index in [1.165, 1.54) is 36.7 Å². The molecule has 0 atom stereocenters. The van der Waals surface area contributed by atoms with Gasteiger partial charge in [-0.1, -0.05) is 84.0 Å². The van der Waals surface area contributed by atoms with Crippen molar-refractivity contribution in [2.24, 2.45) is 0 Å². The van der Waals surface area contributed by atoms with Crippen molar-refractivity contribution in [3.05, 3.63) is 168 Å². The number of furan rings is 1. The molecule has 0 aliphatic heterocycles. The number of hydrogen-bond acceptors (Lipinski definition) is 5. The van der Waals surface area contributed by atoms with E-state index in [4.69, 9.17) is 25.0 Å². The number of aromatic nitrogens is 4. The smallest absolute Gasteiger partial charge is 0.216 e. The molecular weight excluding hydrogens is 829 g/mol. The monoisotopic (exact) mass is 880 g/mol. The Balaban J connectivity index is 0.000000219. The summed E-state index contributed by atoms with van der Waals surface area (Å²) in [6.45, 7) is -12.1. The SMILES string of the molecule is [2H]C([2H])([2H])c1ccc(-c2[c-]cc(C([2H])([2H])[2H])c(-c3ccccc3)c2)nc1.[2H]C([2H])([2H])c1ccc2c(n1)oc1c(-c3cc(-c4ccc5ncccc5c4C([2H])([2H])[2H])c(C([2H])([2H])[2H])cn3)[c-]ccc12.[Ir]. The molecule has 0 unspecified atom stereocenters. The van der Waals surface area contributed by atoms with Gasteiger partial charge in [-0.15, -0.1) is 47.5 Å². The molecule has 261 valence electrons. The molecular formula is C47H36IrN4O-2. The van der Waals surface area contributed by atoms with Gasteiger partial charge in [0.15, 0.2) is 0 Å². The number of nitrogens with zero attached hydrogens (tertiary/aromatic N) is 4. The molecule has 5 nitrogen and oxygen atoms in total. The second-order valence-electron chi connectivity index (χ2n) is 11.9. The Labute approximate surface area is 344 Å². The van der Waals surface area contributed by atoms with Gasteiger partial charge >= 0.3 is 0 Å². The van der Waals surface area contributed by atoms with Crippen molar-refractivity contribution in [1.29, 1.82) is 0 Å². The Morgan fingerprint density at radius 1 is 0.642 bits per heavy atom. The van der Waals surface area contributed by atoms with Crippen LogP contribution in [-0.4, -0.2) is 19.9 Å². The first-order chi connectivity index (χ1) is 31.4. The van der Waals surface area contributed by atoms with Crippen LogP contribution in [-0.2, 0) is 20.1 Å². The first-order valence-electron chi connectivity index (χ1n) is 23.6. The Morgan fingerprint density at radius 2 is 1.55 bits per heavy atom. The van der Waals surface area contributed by atoms with Crippen LogP contribution in [0.15, 0.2) is 132 Å². The van der Waals surface area contributed by atoms with E-state index in [-0.39, 0.29) is 70.6 Å². The van der Waals surface area contributed by atoms with Crippen LogP contribution in [0.3, 0.4) is 0 Å². The molecule has 5 aromatic heterocycles. The van der Waals surface area contributed by atoms with Gasteiger partial charge in [-0.3, -0.25) is 4.98 Å². The summed E-state index contributed by atoms with van der Waals surface area (Å²) in [5.74, 6) is 0. The normalized spacial score (nSPS) is 16.3. The summed E-state index contributed by atoms with van der Waals surface area (Å²) in [4.78, 5) is 17.1. The molecule has 4 aromatic carbocycles. The number of aryl methyl sites for hydroxylation is 5. The molecule has 6 heteroatoms. The van der Waals surface area contributed by atoms with Crippen LogP contribution in [0.4, 0.5) is 0 Å². The minimum atomic E-state index is -2.60. The summed E-state index contributed by atoms with van der Waals surface area (Å²) in [6.07, 6.45) is 4.09. The maximum Gasteiger partial charge on any atom is 0.216 e. The van der Waals surface area contributed by atoms with E-state index in [9.17, 15) is 0 Å². The Bertz CT molecular complexity index is 3290. The Hall–Kier alpha value is -5.81. The molecule has 1 radical (unpaired) electrons. The molecule has 9 rings (SSSR count). The summed E-state index contributed by atoms with van der Waals surface area (Å²) in [5, 5.41) is 1.62. The van der Waals surface area contributed by atoms with E-state index >= 15 is 0 Å². The van der Waals surface area contributed by atoms with Crippen molar-refractivity contribution >= 4 is 33.0 Å². The van der Waals surface area contributed by atoms with Gasteiger partial charge in [0, 0.05) is 75.7 Å². The van der Waals surface area contributed by atoms with Gasteiger partial charge in [-0.05, 0) is 96.4 Å². The van der Waals surface area contributed by atoms with E-state index < -0.39 is 34.3 Å². The predicted molar refractivity (Wildman–Crippen MR) is 212 cm³/mol. The molecule has 0 aliphatic carbocycles. The van der Waals surface area contributed by atoms with Gasteiger partial charge in [-0.2, -0.15) is 0 Å². The van der Waals surface area contributed by atoms with Gasteiger partial charge in [0.2, 0.25) is 5.71 Å². The second kappa shape index (κ2) is 15.0. The van der Waals surface area contributed by atoms with Crippen LogP contribution < -0.4 is 0 Å². The zero-order valence-corrected chi connectivity index (χ0v) is 30.0. The third kappa shape index (κ3) is 7.04. The van der Waals surface area contributed by atoms with Crippen molar-refractivity contribution < 1.29 is 45.1 Å². The first-order valence-corrected chi connectivity index (χ1v) is 16.1. The Kier molecular flexibility index (Phi) is 6.14. The zero-order valence-electron chi connectivity index (χ0n) is 42.7. The maximum absolute atomic E-state index is 8.30. The maximum atomic E-state index is 8.30. The van der Waals surface area contributed by atoms with Gasteiger partial charge in [-0.25, -0.2) is 4.98 Å². The van der Waals surface area contributed by atoms with Crippen molar-refractivity contribution in [1.82, 2.24) is 19.9 Å². The molecule has 0 fully saturated rings. The Morgan fingerprint density at radius 3 is 2.36 bits per heavy atom. The molecule has 53 heavy (non-hydrogen) atoms. The zero-order chi connectivity index (χ0) is 48.3. The summed E-state index contributed by atoms with van der Waals surface area (Å²) in [7, 11) is 0. The average molecular weight is 880 g/mol. The molecule has 0 spiro atoms. The summed E-state index contributed by atoms with van der Waals surface area (Å²) in [6, 6.07) is 36.1. The minimum Gasteiger partial charge on any atom is -0.486 e. The number of rotatable bonds is 4. The fraction of sp³-hybridized carbons (Fsp3) is 0.106. The number of pyridine rings is 4. The van der Waals surface area contributed by atoms with Crippen LogP contribution >= 0.6 is 0 Å². The molecule has 0 aliphatic rings. The fourth-order valence-electron chi connectivity index (χ4n) is 6.05. The molecule has 0 saturated heterocycles. The van der Waals surface area contributed by atoms with Crippen molar-refractivity contribution in [2.45, 2.75) is 34.3 Å². The average Bonchev–Trinajstić information content (AvgIpc) is 3.66. The number of benzene rings is 4. The summed E-state index contributed by atoms with van der Waals surface area (Å²) >= 11 is 0. The fourth-order valence-corrected chi connectivity index (χ4v) is 6.05. The van der Waals surface area contributed by atoms with Gasteiger partial charge < -0.3 is 14.4 Å². The molecule has 0 N–H and O–H groups in total. The quantitative estimate of drug-likeness (QED) is 0.165. The summed E-state index contributed by atoms with van der Waals surface area (Å²) < 4.78 is 124. The third-order valence-corrected chi connectivity index (χ3v) is 8.61. The molecule has 0 bridgehead atoms. The van der Waals surface area contributed by atoms with E-state index in [1.54, 1.807) is 60.8 Å². The van der Waals surface area contributed by atoms with Crippen LogP contribution in [0.5, 0.6) is 0 Å². The van der Waals surface area contributed by atoms with E-state index in [1.807, 2.05) is 30.3 Å². The third-order valence-electron chi connectivity index (χ3n) is 8.61. The standard InChI is InChI=1S/C28H20N3O.C19H16N.Ir/c1-16-15-30-26(14-24(16)19-11-12-25-20(18(19)3)8-5-13-29-25)23-7-4-6-21-22-10-9-17(2)31-28(22)32-27(21)23;1-14-8-11-19(20-13-14)17-10-9-15(2)18(12-17)16-6-4-3-5-7-16;/h4-6,8-15H,1-3H3;3-9,11-13H,1-2H3;/q2*-1;/i1D3,2D3,3D3;1D3,2D3;. The van der Waals surface area contributed by atoms with E-state index in [0.717, 1.165) is 5.56 Å². The van der Waals surface area contributed by atoms with Crippen LogP contribution in [0.1, 0.15) is 48.5 Å². The minimum absolute atomic E-state index is 0. The number of fused-ring (bicyclic) bond motifs is 4. The predicted octanol–water partition coefficient (Wildman–Crippen LogP) is 11.8. The molecule has 9 aromatic rings. The van der Waals surface area contributed by atoms with E-state index in [0.29, 0.717) is 49.6 Å². The second-order valence-corrected chi connectivity index (χ2v) is 11.9. The van der Waals surface area contributed by atoms with Crippen LogP contribution in [0.25, 0.3) is 77.7 Å². The van der Waals surface area contributed by atoms with Crippen molar-refractivity contribution in [2.75, 3.05) is 0 Å². The van der Waals surface area contributed by atoms with Crippen LogP contribution in [0.2, 0.25) is 0 Å². The molecule has 0 amide bonds. The molecule has 0 saturated carbocycles. The topological polar surface area (TPSA) is 64.7 Å². The van der Waals surface area contributed by atoms with E-state index in [2.05, 4.69) is 32.1 Å². The largest absolute Gasteiger partial charge is 0.486 e. The van der Waals surface area contributed by atoms with Crippen molar-refractivity contribution in [3.63, 3.8) is 0 Å². The van der Waals surface area contributed by atoms with Crippen LogP contribution in [0, 0.1) is 46.4 Å². The van der Waals surface area contributed by atoms with Crippen molar-refractivity contribution in [3.8, 4) is 44.8 Å². The van der Waals surface area contributed by atoms with Gasteiger partial charge in [0.25, 0.3) is 0 Å². The molecule has 5 heterocycles. The number of hydrogen-bond donors (Lipinski definition) is 0. The van der Waals surface area contributed by atoms with Gasteiger partial charge in [0.05, 0.1) is 11.1 Å².